The molecule has 0 unspecified atom stereocenters. The Morgan fingerprint density at radius 1 is 1.24 bits per heavy atom. The number of nitrogens with zero attached hydrogens (tertiary/aromatic N) is 2. The topological polar surface area (TPSA) is 121 Å². The molecule has 0 saturated carbocycles. The Morgan fingerprint density at radius 2 is 2.00 bits per heavy atom. The number of rotatable bonds is 1. The molecule has 0 saturated heterocycles. The number of guanidine groups is 2. The minimum atomic E-state index is -0.160. The fourth-order valence-electron chi connectivity index (χ4n) is 1.31. The normalized spacial score (nSPS) is 13.6. The molecule has 0 aliphatic carbocycles. The summed E-state index contributed by atoms with van der Waals surface area (Å²) in [5, 5.41) is 0. The van der Waals surface area contributed by atoms with Crippen LogP contribution in [0.5, 0.6) is 11.5 Å². The van der Waals surface area contributed by atoms with Crippen molar-refractivity contribution in [1.82, 2.24) is 0 Å². The predicted molar refractivity (Wildman–Crippen MR) is 67.4 cm³/mol. The number of ether oxygens (including phenoxy) is 2. The Morgan fingerprint density at radius 3 is 2.71 bits per heavy atom. The Labute approximate surface area is 105 Å². The van der Waals surface area contributed by atoms with E-state index in [-0.39, 0.29) is 18.7 Å². The van der Waals surface area contributed by atoms with Crippen LogP contribution >= 0.6 is 15.9 Å². The van der Waals surface area contributed by atoms with E-state index >= 15 is 0 Å². The van der Waals surface area contributed by atoms with Crippen molar-refractivity contribution in [2.45, 2.75) is 0 Å². The molecule has 90 valence electrons. The molecule has 8 heteroatoms. The zero-order valence-electron chi connectivity index (χ0n) is 8.68. The van der Waals surface area contributed by atoms with E-state index in [0.717, 1.165) is 0 Å². The molecule has 6 N–H and O–H groups in total. The van der Waals surface area contributed by atoms with Crippen LogP contribution in [0.15, 0.2) is 26.6 Å². The summed E-state index contributed by atoms with van der Waals surface area (Å²) >= 11 is 3.34. The molecule has 1 heterocycles. The molecule has 0 radical (unpaired) electrons. The van der Waals surface area contributed by atoms with Gasteiger partial charge in [-0.15, -0.1) is 0 Å². The zero-order valence-corrected chi connectivity index (χ0v) is 10.3. The number of hydrogen-bond donors (Lipinski definition) is 3. The lowest BCUT2D eigenvalue weighted by Gasteiger charge is -2.03. The first-order valence-electron chi connectivity index (χ1n) is 4.60. The van der Waals surface area contributed by atoms with Crippen LogP contribution in [0.3, 0.4) is 0 Å². The van der Waals surface area contributed by atoms with E-state index in [0.29, 0.717) is 21.7 Å². The third-order valence-electron chi connectivity index (χ3n) is 1.93. The first-order valence-corrected chi connectivity index (χ1v) is 5.39. The van der Waals surface area contributed by atoms with E-state index < -0.39 is 0 Å². The number of nitrogens with two attached hydrogens (primary N) is 3. The number of benzene rings is 1. The lowest BCUT2D eigenvalue weighted by Crippen LogP contribution is -2.26. The molecule has 2 rings (SSSR count). The highest BCUT2D eigenvalue weighted by atomic mass is 79.9. The van der Waals surface area contributed by atoms with Crippen LogP contribution in [-0.2, 0) is 0 Å². The van der Waals surface area contributed by atoms with Crippen molar-refractivity contribution < 1.29 is 9.47 Å². The highest BCUT2D eigenvalue weighted by Gasteiger charge is 2.20. The fourth-order valence-corrected chi connectivity index (χ4v) is 1.71. The van der Waals surface area contributed by atoms with Gasteiger partial charge in [0, 0.05) is 4.47 Å². The van der Waals surface area contributed by atoms with Crippen LogP contribution in [0, 0.1) is 0 Å². The fraction of sp³-hybridized carbons (Fsp3) is 0.111. The lowest BCUT2D eigenvalue weighted by atomic mass is 10.3. The Bertz CT molecular complexity index is 510. The second kappa shape index (κ2) is 4.50. The molecule has 1 aromatic rings. The second-order valence-electron chi connectivity index (χ2n) is 3.14. The zero-order chi connectivity index (χ0) is 12.4. The van der Waals surface area contributed by atoms with E-state index in [1.165, 1.54) is 0 Å². The van der Waals surface area contributed by atoms with Crippen molar-refractivity contribution in [1.29, 1.82) is 0 Å². The molecule has 0 bridgehead atoms. The van der Waals surface area contributed by atoms with Gasteiger partial charge in [0.1, 0.15) is 5.69 Å². The third kappa shape index (κ3) is 2.41. The van der Waals surface area contributed by atoms with Crippen LogP contribution in [0.1, 0.15) is 0 Å². The maximum atomic E-state index is 5.55. The van der Waals surface area contributed by atoms with E-state index in [2.05, 4.69) is 25.9 Å². The first kappa shape index (κ1) is 11.5. The minimum absolute atomic E-state index is 0.0606. The second-order valence-corrected chi connectivity index (χ2v) is 3.99. The number of halogens is 1. The van der Waals surface area contributed by atoms with Gasteiger partial charge in [-0.3, -0.25) is 0 Å². The average Bonchev–Trinajstić information content (AvgIpc) is 2.69. The monoisotopic (exact) mass is 299 g/mol. The van der Waals surface area contributed by atoms with E-state index in [9.17, 15) is 0 Å². The van der Waals surface area contributed by atoms with Gasteiger partial charge in [0.25, 0.3) is 0 Å². The Hall–Kier alpha value is -1.96. The van der Waals surface area contributed by atoms with Gasteiger partial charge >= 0.3 is 0 Å². The van der Waals surface area contributed by atoms with Gasteiger partial charge in [0.2, 0.25) is 12.8 Å². The molecule has 0 spiro atoms. The van der Waals surface area contributed by atoms with E-state index in [4.69, 9.17) is 26.7 Å². The maximum Gasteiger partial charge on any atom is 0.231 e. The van der Waals surface area contributed by atoms with E-state index in [1.54, 1.807) is 12.1 Å². The molecular formula is C9H10BrN5O2. The Balaban J connectivity index is 2.46. The van der Waals surface area contributed by atoms with Crippen molar-refractivity contribution in [2.75, 3.05) is 6.79 Å². The van der Waals surface area contributed by atoms with Gasteiger partial charge in [-0.05, 0) is 28.1 Å². The van der Waals surface area contributed by atoms with Gasteiger partial charge in [0.15, 0.2) is 17.5 Å². The molecule has 7 nitrogen and oxygen atoms in total. The molecule has 0 aromatic heterocycles. The standard InChI is InChI=1S/C9H10BrN5O2/c10-4-1-2-5-7(17-3-16-5)6(4)14-9(13)15-8(11)12/h1-2H,3H2,(H6,11,12,13,14,15). The summed E-state index contributed by atoms with van der Waals surface area (Å²) in [5.74, 6) is 0.888. The third-order valence-corrected chi connectivity index (χ3v) is 2.57. The summed E-state index contributed by atoms with van der Waals surface area (Å²) in [7, 11) is 0. The van der Waals surface area contributed by atoms with Gasteiger partial charge in [0.05, 0.1) is 0 Å². The van der Waals surface area contributed by atoms with E-state index in [1.807, 2.05) is 0 Å². The summed E-state index contributed by atoms with van der Waals surface area (Å²) in [5.41, 5.74) is 16.4. The Kier molecular flexibility index (Phi) is 3.05. The highest BCUT2D eigenvalue weighted by molar-refractivity contribution is 9.10. The lowest BCUT2D eigenvalue weighted by molar-refractivity contribution is 0.174. The molecule has 1 aromatic carbocycles. The summed E-state index contributed by atoms with van der Waals surface area (Å²) in [6.45, 7) is 0.149. The van der Waals surface area contributed by atoms with Gasteiger partial charge in [-0.1, -0.05) is 0 Å². The highest BCUT2D eigenvalue weighted by Crippen LogP contribution is 2.45. The van der Waals surface area contributed by atoms with Crippen LogP contribution < -0.4 is 26.7 Å². The van der Waals surface area contributed by atoms with Gasteiger partial charge in [-0.2, -0.15) is 4.99 Å². The molecule has 1 aliphatic heterocycles. The molecular weight excluding hydrogens is 290 g/mol. The predicted octanol–water partition coefficient (Wildman–Crippen LogP) is 0.397. The van der Waals surface area contributed by atoms with Crippen molar-refractivity contribution in [3.8, 4) is 11.5 Å². The first-order chi connectivity index (χ1) is 8.08. The van der Waals surface area contributed by atoms with Crippen molar-refractivity contribution in [2.24, 2.45) is 27.2 Å². The smallest absolute Gasteiger partial charge is 0.231 e. The number of hydrogen-bond acceptors (Lipinski definition) is 3. The van der Waals surface area contributed by atoms with Crippen LogP contribution in [0.25, 0.3) is 0 Å². The number of fused-ring (bicyclic) bond motifs is 1. The quantitative estimate of drug-likeness (QED) is 0.512. The number of aliphatic imine (C=N–C) groups is 2. The van der Waals surface area contributed by atoms with Crippen LogP contribution in [0.4, 0.5) is 5.69 Å². The minimum Gasteiger partial charge on any atom is -0.454 e. The van der Waals surface area contributed by atoms with Crippen molar-refractivity contribution in [3.63, 3.8) is 0 Å². The van der Waals surface area contributed by atoms with Crippen LogP contribution in [-0.4, -0.2) is 18.7 Å². The molecule has 1 aliphatic rings. The molecule has 0 fully saturated rings. The summed E-state index contributed by atoms with van der Waals surface area (Å²) in [4.78, 5) is 7.69. The van der Waals surface area contributed by atoms with Gasteiger partial charge in [-0.25, -0.2) is 4.99 Å². The van der Waals surface area contributed by atoms with Crippen LogP contribution in [0.2, 0.25) is 0 Å². The van der Waals surface area contributed by atoms with Crippen molar-refractivity contribution in [3.05, 3.63) is 16.6 Å². The summed E-state index contributed by atoms with van der Waals surface area (Å²) in [6.07, 6.45) is 0. The average molecular weight is 300 g/mol. The largest absolute Gasteiger partial charge is 0.454 e. The van der Waals surface area contributed by atoms with Gasteiger partial charge < -0.3 is 26.7 Å². The maximum absolute atomic E-state index is 5.55. The summed E-state index contributed by atoms with van der Waals surface area (Å²) < 4.78 is 11.2. The molecule has 0 amide bonds. The summed E-state index contributed by atoms with van der Waals surface area (Å²) in [6, 6.07) is 3.54. The molecule has 0 atom stereocenters. The van der Waals surface area contributed by atoms with Crippen molar-refractivity contribution >= 4 is 33.5 Å². The molecule has 17 heavy (non-hydrogen) atoms. The SMILES string of the molecule is NC(N)=NC(N)=Nc1c(Br)ccc2c1OCO2.